The fraction of sp³-hybridized carbons (Fsp3) is 0.182. The van der Waals surface area contributed by atoms with Gasteiger partial charge in [0.2, 0.25) is 0 Å². The van der Waals surface area contributed by atoms with Gasteiger partial charge in [-0.1, -0.05) is 17.5 Å². The number of hydrogen-bond acceptors (Lipinski definition) is 3. The highest BCUT2D eigenvalue weighted by molar-refractivity contribution is 14.1. The van der Waals surface area contributed by atoms with Crippen molar-refractivity contribution >= 4 is 40.3 Å². The van der Waals surface area contributed by atoms with Gasteiger partial charge in [-0.3, -0.25) is 0 Å². The van der Waals surface area contributed by atoms with Gasteiger partial charge in [0.15, 0.2) is 6.61 Å². The van der Waals surface area contributed by atoms with Gasteiger partial charge in [0.1, 0.15) is 5.75 Å². The third-order valence-corrected chi connectivity index (χ3v) is 2.47. The Hall–Kier alpha value is -0.930. The molecule has 0 aromatic heterocycles. The van der Waals surface area contributed by atoms with Crippen LogP contribution in [0.25, 0.3) is 0 Å². The Morgan fingerprint density at radius 2 is 2.31 bits per heavy atom. The van der Waals surface area contributed by atoms with Crippen LogP contribution in [0.2, 0.25) is 5.02 Å². The van der Waals surface area contributed by atoms with Crippen LogP contribution >= 0.6 is 34.2 Å². The Labute approximate surface area is 112 Å². The molecule has 0 atom stereocenters. The van der Waals surface area contributed by atoms with Crippen LogP contribution in [-0.2, 0) is 4.74 Å². The summed E-state index contributed by atoms with van der Waals surface area (Å²) in [6.07, 6.45) is -0.777. The molecule has 0 saturated heterocycles. The van der Waals surface area contributed by atoms with Gasteiger partial charge >= 0.3 is 6.16 Å². The second kappa shape index (κ2) is 6.61. The molecule has 0 unspecified atom stereocenters. The molecule has 0 saturated carbocycles. The maximum Gasteiger partial charge on any atom is 0.514 e. The van der Waals surface area contributed by atoms with Crippen LogP contribution in [0.3, 0.4) is 0 Å². The van der Waals surface area contributed by atoms with Crippen LogP contribution in [0.4, 0.5) is 4.79 Å². The smallest absolute Gasteiger partial charge is 0.421 e. The van der Waals surface area contributed by atoms with Gasteiger partial charge in [-0.15, -0.1) is 0 Å². The Morgan fingerprint density at radius 3 is 2.94 bits per heavy atom. The Balaban J connectivity index is 2.55. The van der Waals surface area contributed by atoms with E-state index in [1.807, 2.05) is 29.5 Å². The third-order valence-electron chi connectivity index (χ3n) is 1.66. The average Bonchev–Trinajstić information content (AvgIpc) is 2.24. The van der Waals surface area contributed by atoms with Gasteiger partial charge in [-0.05, 0) is 34.6 Å². The number of benzene rings is 1. The lowest BCUT2D eigenvalue weighted by molar-refractivity contribution is 0.111. The molecule has 0 amide bonds. The number of hydrogen-bond donors (Lipinski definition) is 0. The Kier molecular flexibility index (Phi) is 5.43. The number of aryl methyl sites for hydroxylation is 1. The molecule has 0 radical (unpaired) electrons. The summed E-state index contributed by atoms with van der Waals surface area (Å²) in [4.78, 5) is 11.1. The summed E-state index contributed by atoms with van der Waals surface area (Å²) < 4.78 is 12.2. The van der Waals surface area contributed by atoms with Gasteiger partial charge in [-0.2, -0.15) is 0 Å². The summed E-state index contributed by atoms with van der Waals surface area (Å²) in [5.41, 5.74) is 0.832. The predicted octanol–water partition coefficient (Wildman–Crippen LogP) is 3.56. The largest absolute Gasteiger partial charge is 0.514 e. The first kappa shape index (κ1) is 13.1. The zero-order chi connectivity index (χ0) is 12.0. The predicted molar refractivity (Wildman–Crippen MR) is 70.0 cm³/mol. The molecule has 16 heavy (non-hydrogen) atoms. The first-order valence-electron chi connectivity index (χ1n) is 4.32. The molecule has 1 aromatic rings. The van der Waals surface area contributed by atoms with Gasteiger partial charge in [-0.25, -0.2) is 4.79 Å². The standard InChI is InChI=1S/C11H8ClIO3/c1-8-7-9(3-4-10(8)12)16-11(14)15-6-2-5-13/h3-4,7H,6H2,1H3. The van der Waals surface area contributed by atoms with Gasteiger partial charge in [0.05, 0.1) is 0 Å². The minimum Gasteiger partial charge on any atom is -0.421 e. The van der Waals surface area contributed by atoms with E-state index >= 15 is 0 Å². The number of carbonyl (C=O) groups is 1. The van der Waals surface area contributed by atoms with Crippen molar-refractivity contribution in [1.82, 2.24) is 0 Å². The van der Waals surface area contributed by atoms with E-state index in [1.165, 1.54) is 0 Å². The zero-order valence-corrected chi connectivity index (χ0v) is 11.3. The first-order valence-corrected chi connectivity index (χ1v) is 5.78. The van der Waals surface area contributed by atoms with Crippen molar-refractivity contribution in [2.24, 2.45) is 0 Å². The number of carbonyl (C=O) groups excluding carboxylic acids is 1. The molecule has 0 heterocycles. The molecule has 0 N–H and O–H groups in total. The molecule has 5 heteroatoms. The monoisotopic (exact) mass is 350 g/mol. The van der Waals surface area contributed by atoms with E-state index in [1.54, 1.807) is 18.2 Å². The van der Waals surface area contributed by atoms with Crippen LogP contribution in [0.15, 0.2) is 18.2 Å². The van der Waals surface area contributed by atoms with Crippen molar-refractivity contribution in [3.63, 3.8) is 0 Å². The maximum absolute atomic E-state index is 11.1. The fourth-order valence-electron chi connectivity index (χ4n) is 0.929. The van der Waals surface area contributed by atoms with Crippen LogP contribution in [0.1, 0.15) is 5.56 Å². The molecule has 0 fully saturated rings. The van der Waals surface area contributed by atoms with Crippen molar-refractivity contribution < 1.29 is 14.3 Å². The molecule has 0 aliphatic carbocycles. The van der Waals surface area contributed by atoms with E-state index in [9.17, 15) is 4.79 Å². The van der Waals surface area contributed by atoms with Crippen LogP contribution in [0.5, 0.6) is 5.75 Å². The fourth-order valence-corrected chi connectivity index (χ4v) is 1.20. The first-order chi connectivity index (χ1) is 7.63. The molecule has 84 valence electrons. The average molecular weight is 351 g/mol. The Bertz CT molecular complexity index is 448. The number of halogens is 2. The van der Waals surface area contributed by atoms with E-state index in [0.29, 0.717) is 10.8 Å². The highest BCUT2D eigenvalue weighted by atomic mass is 127. The molecule has 1 rings (SSSR count). The van der Waals surface area contributed by atoms with E-state index in [2.05, 4.69) is 14.6 Å². The second-order valence-electron chi connectivity index (χ2n) is 2.82. The topological polar surface area (TPSA) is 35.5 Å². The zero-order valence-electron chi connectivity index (χ0n) is 8.42. The molecular weight excluding hydrogens is 342 g/mol. The van der Waals surface area contributed by atoms with Gasteiger partial charge < -0.3 is 9.47 Å². The summed E-state index contributed by atoms with van der Waals surface area (Å²) in [6, 6.07) is 4.92. The molecule has 0 bridgehead atoms. The van der Waals surface area contributed by atoms with Gasteiger partial charge in [0, 0.05) is 27.6 Å². The van der Waals surface area contributed by atoms with Crippen molar-refractivity contribution in [2.75, 3.05) is 6.61 Å². The lowest BCUT2D eigenvalue weighted by Crippen LogP contribution is -2.10. The minimum absolute atomic E-state index is 0.0222. The van der Waals surface area contributed by atoms with E-state index in [4.69, 9.17) is 16.3 Å². The third kappa shape index (κ3) is 4.29. The van der Waals surface area contributed by atoms with Crippen LogP contribution < -0.4 is 4.74 Å². The molecule has 0 spiro atoms. The van der Waals surface area contributed by atoms with Crippen LogP contribution in [0, 0.1) is 16.8 Å². The number of rotatable bonds is 2. The Morgan fingerprint density at radius 1 is 1.56 bits per heavy atom. The molecule has 0 aliphatic rings. The van der Waals surface area contributed by atoms with Crippen molar-refractivity contribution in [2.45, 2.75) is 6.92 Å². The van der Waals surface area contributed by atoms with Crippen LogP contribution in [-0.4, -0.2) is 12.8 Å². The maximum atomic E-state index is 11.1. The molecule has 1 aromatic carbocycles. The van der Waals surface area contributed by atoms with E-state index < -0.39 is 6.16 Å². The number of ether oxygens (including phenoxy) is 2. The normalized spacial score (nSPS) is 8.94. The SMILES string of the molecule is Cc1cc(OC(=O)OCC#CI)ccc1Cl. The van der Waals surface area contributed by atoms with Crippen molar-refractivity contribution in [3.05, 3.63) is 28.8 Å². The molecule has 0 aliphatic heterocycles. The summed E-state index contributed by atoms with van der Waals surface area (Å²) in [6.45, 7) is 1.84. The van der Waals surface area contributed by atoms with Crippen molar-refractivity contribution in [3.8, 4) is 15.6 Å². The van der Waals surface area contributed by atoms with E-state index in [-0.39, 0.29) is 6.61 Å². The van der Waals surface area contributed by atoms with Crippen molar-refractivity contribution in [1.29, 1.82) is 0 Å². The summed E-state index contributed by atoms with van der Waals surface area (Å²) in [5, 5.41) is 0.622. The lowest BCUT2D eigenvalue weighted by atomic mass is 10.2. The molecular formula is C11H8ClIO3. The lowest BCUT2D eigenvalue weighted by Gasteiger charge is -2.04. The summed E-state index contributed by atoms with van der Waals surface area (Å²) >= 11 is 7.69. The van der Waals surface area contributed by atoms with Gasteiger partial charge in [0.25, 0.3) is 0 Å². The highest BCUT2D eigenvalue weighted by Gasteiger charge is 2.06. The second-order valence-corrected chi connectivity index (χ2v) is 3.77. The van der Waals surface area contributed by atoms with E-state index in [0.717, 1.165) is 5.56 Å². The summed E-state index contributed by atoms with van der Waals surface area (Å²) in [7, 11) is 0. The minimum atomic E-state index is -0.777. The highest BCUT2D eigenvalue weighted by Crippen LogP contribution is 2.21. The molecule has 3 nitrogen and oxygen atoms in total. The quantitative estimate of drug-likeness (QED) is 0.354. The summed E-state index contributed by atoms with van der Waals surface area (Å²) in [5.74, 6) is 2.98.